The van der Waals surface area contributed by atoms with Gasteiger partial charge >= 0.3 is 0 Å². The van der Waals surface area contributed by atoms with Crippen molar-refractivity contribution in [3.63, 3.8) is 0 Å². The second kappa shape index (κ2) is 7.22. The maximum atomic E-state index is 12.6. The molecular weight excluding hydrogens is 412 g/mol. The number of carbonyl (C=O) groups excluding carboxylic acids is 1. The van der Waals surface area contributed by atoms with Gasteiger partial charge in [-0.05, 0) is 30.3 Å². The number of imidazole rings is 1. The first-order valence-corrected chi connectivity index (χ1v) is 9.94. The van der Waals surface area contributed by atoms with Crippen LogP contribution < -0.4 is 5.32 Å². The highest BCUT2D eigenvalue weighted by Gasteiger charge is 2.15. The Hall–Kier alpha value is -3.37. The largest absolute Gasteiger partial charge is 0.323 e. The molecule has 0 saturated carbocycles. The van der Waals surface area contributed by atoms with Gasteiger partial charge < -0.3 is 5.32 Å². The molecule has 2 N–H and O–H groups in total. The van der Waals surface area contributed by atoms with Crippen LogP contribution in [0.1, 0.15) is 0 Å². The maximum absolute atomic E-state index is 12.6. The van der Waals surface area contributed by atoms with Gasteiger partial charge in [0.05, 0.1) is 28.2 Å². The fraction of sp³-hybridized carbons (Fsp3) is 0.0556. The van der Waals surface area contributed by atoms with Gasteiger partial charge in [0.1, 0.15) is 12.7 Å². The summed E-state index contributed by atoms with van der Waals surface area (Å²) >= 11 is 7.41. The number of benzene rings is 2. The quantitative estimate of drug-likeness (QED) is 0.420. The van der Waals surface area contributed by atoms with Crippen molar-refractivity contribution < 1.29 is 4.79 Å². The van der Waals surface area contributed by atoms with Crippen LogP contribution in [0.4, 0.5) is 5.69 Å². The van der Waals surface area contributed by atoms with Crippen LogP contribution in [0.2, 0.25) is 5.02 Å². The third kappa shape index (κ3) is 3.32. The van der Waals surface area contributed by atoms with Crippen LogP contribution in [0.5, 0.6) is 0 Å². The number of hydrogen-bond donors (Lipinski definition) is 2. The summed E-state index contributed by atoms with van der Waals surface area (Å²) < 4.78 is 3.46. The minimum Gasteiger partial charge on any atom is -0.323 e. The number of fused-ring (bicyclic) bond motifs is 3. The van der Waals surface area contributed by atoms with E-state index >= 15 is 0 Å². The van der Waals surface area contributed by atoms with Crippen molar-refractivity contribution in [3.8, 4) is 5.69 Å². The van der Waals surface area contributed by atoms with Gasteiger partial charge in [-0.2, -0.15) is 5.10 Å². The lowest BCUT2D eigenvalue weighted by Gasteiger charge is -2.11. The van der Waals surface area contributed by atoms with E-state index in [4.69, 9.17) is 11.6 Å². The second-order valence-corrected chi connectivity index (χ2v) is 7.48. The number of anilines is 1. The average molecular weight is 425 g/mol. The van der Waals surface area contributed by atoms with Crippen molar-refractivity contribution in [1.29, 1.82) is 0 Å². The summed E-state index contributed by atoms with van der Waals surface area (Å²) in [7, 11) is 0. The predicted octanol–water partition coefficient (Wildman–Crippen LogP) is 3.18. The van der Waals surface area contributed by atoms with Crippen molar-refractivity contribution in [1.82, 2.24) is 34.3 Å². The van der Waals surface area contributed by atoms with E-state index in [1.807, 2.05) is 28.7 Å². The van der Waals surface area contributed by atoms with Crippen LogP contribution in [0.3, 0.4) is 0 Å². The Kier molecular flexibility index (Phi) is 4.41. The lowest BCUT2D eigenvalue weighted by atomic mass is 10.2. The number of aromatic nitrogens is 7. The lowest BCUT2D eigenvalue weighted by Crippen LogP contribution is -2.16. The number of rotatable bonds is 5. The molecule has 0 unspecified atom stereocenters. The predicted molar refractivity (Wildman–Crippen MR) is 111 cm³/mol. The van der Waals surface area contributed by atoms with Gasteiger partial charge in [0.15, 0.2) is 5.16 Å². The van der Waals surface area contributed by atoms with Crippen molar-refractivity contribution in [2.45, 2.75) is 5.16 Å². The maximum Gasteiger partial charge on any atom is 0.234 e. The molecule has 3 aromatic heterocycles. The fourth-order valence-electron chi connectivity index (χ4n) is 3.00. The molecule has 0 fully saturated rings. The molecule has 0 spiro atoms. The van der Waals surface area contributed by atoms with Gasteiger partial charge in [-0.15, -0.1) is 5.10 Å². The third-order valence-corrected chi connectivity index (χ3v) is 5.41. The molecular formula is C18H13ClN8OS. The number of halogens is 1. The SMILES string of the molecule is O=C(CSc1n[nH]c2nc3ccccc3n12)Nc1cc(Cl)ccc1-n1cncn1. The Labute approximate surface area is 173 Å². The van der Waals surface area contributed by atoms with E-state index in [0.29, 0.717) is 27.3 Å². The van der Waals surface area contributed by atoms with E-state index in [2.05, 4.69) is 30.6 Å². The minimum absolute atomic E-state index is 0.162. The molecule has 1 amide bonds. The smallest absolute Gasteiger partial charge is 0.234 e. The minimum atomic E-state index is -0.195. The van der Waals surface area contributed by atoms with Gasteiger partial charge in [-0.25, -0.2) is 19.7 Å². The van der Waals surface area contributed by atoms with Crippen molar-refractivity contribution in [3.05, 3.63) is 60.1 Å². The molecule has 0 saturated heterocycles. The first-order valence-electron chi connectivity index (χ1n) is 8.58. The molecule has 0 bridgehead atoms. The fourth-order valence-corrected chi connectivity index (χ4v) is 3.93. The lowest BCUT2D eigenvalue weighted by molar-refractivity contribution is -0.113. The molecule has 5 rings (SSSR count). The van der Waals surface area contributed by atoms with E-state index in [1.54, 1.807) is 29.2 Å². The number of nitrogens with one attached hydrogen (secondary N) is 2. The van der Waals surface area contributed by atoms with Gasteiger partial charge in [0, 0.05) is 5.02 Å². The Morgan fingerprint density at radius 1 is 1.24 bits per heavy atom. The zero-order chi connectivity index (χ0) is 19.8. The molecule has 3 heterocycles. The van der Waals surface area contributed by atoms with Crippen molar-refractivity contribution in [2.75, 3.05) is 11.1 Å². The van der Waals surface area contributed by atoms with Gasteiger partial charge in [0.25, 0.3) is 0 Å². The zero-order valence-corrected chi connectivity index (χ0v) is 16.4. The highest BCUT2D eigenvalue weighted by atomic mass is 35.5. The Morgan fingerprint density at radius 3 is 3.00 bits per heavy atom. The number of H-pyrrole nitrogens is 1. The summed E-state index contributed by atoms with van der Waals surface area (Å²) in [5.74, 6) is 0.604. The van der Waals surface area contributed by atoms with E-state index < -0.39 is 0 Å². The molecule has 0 atom stereocenters. The van der Waals surface area contributed by atoms with Crippen molar-refractivity contribution >= 4 is 51.8 Å². The standard InChI is InChI=1S/C18H13ClN8OS/c19-11-5-6-14(26-10-20-9-21-26)13(7-11)22-16(28)8-29-18-25-24-17-23-12-3-1-2-4-15(12)27(17)18/h1-7,9-10H,8H2,(H,22,28)(H,23,24). The number of thioether (sulfide) groups is 1. The monoisotopic (exact) mass is 424 g/mol. The van der Waals surface area contributed by atoms with E-state index in [1.165, 1.54) is 18.1 Å². The first kappa shape index (κ1) is 17.7. The first-order chi connectivity index (χ1) is 14.2. The molecule has 0 radical (unpaired) electrons. The highest BCUT2D eigenvalue weighted by molar-refractivity contribution is 7.99. The zero-order valence-electron chi connectivity index (χ0n) is 14.8. The average Bonchev–Trinajstić information content (AvgIpc) is 3.44. The molecule has 0 aliphatic carbocycles. The second-order valence-electron chi connectivity index (χ2n) is 6.10. The van der Waals surface area contributed by atoms with E-state index in [0.717, 1.165) is 11.0 Å². The number of para-hydroxylation sites is 2. The summed E-state index contributed by atoms with van der Waals surface area (Å²) in [6.07, 6.45) is 2.98. The molecule has 9 nitrogen and oxygen atoms in total. The highest BCUT2D eigenvalue weighted by Crippen LogP contribution is 2.26. The van der Waals surface area contributed by atoms with Crippen LogP contribution in [-0.4, -0.2) is 46.0 Å². The Morgan fingerprint density at radius 2 is 2.14 bits per heavy atom. The molecule has 29 heavy (non-hydrogen) atoms. The molecule has 0 aliphatic heterocycles. The summed E-state index contributed by atoms with van der Waals surface area (Å²) in [6.45, 7) is 0. The summed E-state index contributed by atoms with van der Waals surface area (Å²) in [5, 5.41) is 15.3. The van der Waals surface area contributed by atoms with Crippen LogP contribution in [0, 0.1) is 0 Å². The number of hydrogen-bond acceptors (Lipinski definition) is 6. The Balaban J connectivity index is 1.36. The third-order valence-electron chi connectivity index (χ3n) is 4.23. The summed E-state index contributed by atoms with van der Waals surface area (Å²) in [6, 6.07) is 12.9. The van der Waals surface area contributed by atoms with Crippen LogP contribution in [0.25, 0.3) is 22.5 Å². The molecule has 5 aromatic rings. The van der Waals surface area contributed by atoms with Crippen LogP contribution >= 0.6 is 23.4 Å². The van der Waals surface area contributed by atoms with Gasteiger partial charge in [-0.1, -0.05) is 35.5 Å². The molecule has 144 valence electrons. The number of carbonyl (C=O) groups is 1. The van der Waals surface area contributed by atoms with E-state index in [-0.39, 0.29) is 11.7 Å². The number of amides is 1. The summed E-state index contributed by atoms with van der Waals surface area (Å²) in [4.78, 5) is 21.0. The molecule has 11 heteroatoms. The van der Waals surface area contributed by atoms with E-state index in [9.17, 15) is 4.79 Å². The van der Waals surface area contributed by atoms with Crippen molar-refractivity contribution in [2.24, 2.45) is 0 Å². The molecule has 2 aromatic carbocycles. The number of nitrogens with zero attached hydrogens (tertiary/aromatic N) is 6. The summed E-state index contributed by atoms with van der Waals surface area (Å²) in [5.41, 5.74) is 3.02. The Bertz CT molecular complexity index is 1330. The topological polar surface area (TPSA) is 106 Å². The normalized spacial score (nSPS) is 11.3. The van der Waals surface area contributed by atoms with Gasteiger partial charge in [-0.3, -0.25) is 9.20 Å². The van der Waals surface area contributed by atoms with Crippen LogP contribution in [-0.2, 0) is 4.79 Å². The van der Waals surface area contributed by atoms with Crippen LogP contribution in [0.15, 0.2) is 60.3 Å². The van der Waals surface area contributed by atoms with Gasteiger partial charge in [0.2, 0.25) is 11.7 Å². The molecule has 0 aliphatic rings. The number of aromatic amines is 1.